The number of H-pyrrole nitrogens is 1. The molecule has 1 fully saturated rings. The number of amides is 1. The lowest BCUT2D eigenvalue weighted by Crippen LogP contribution is -2.44. The summed E-state index contributed by atoms with van der Waals surface area (Å²) < 4.78 is 16.2. The molecule has 32 heavy (non-hydrogen) atoms. The molecule has 0 aliphatic carbocycles. The second kappa shape index (κ2) is 8.04. The summed E-state index contributed by atoms with van der Waals surface area (Å²) in [7, 11) is 3.87. The zero-order valence-corrected chi connectivity index (χ0v) is 17.8. The van der Waals surface area contributed by atoms with Crippen LogP contribution in [0.5, 0.6) is 0 Å². The number of aromatic amines is 1. The molecule has 1 aromatic carbocycles. The Morgan fingerprint density at radius 2 is 1.94 bits per heavy atom. The number of aryl methyl sites for hydroxylation is 1. The van der Waals surface area contributed by atoms with Crippen molar-refractivity contribution in [3.63, 3.8) is 0 Å². The van der Waals surface area contributed by atoms with Gasteiger partial charge in [0.2, 0.25) is 0 Å². The lowest BCUT2D eigenvalue weighted by Gasteiger charge is -2.33. The van der Waals surface area contributed by atoms with Crippen molar-refractivity contribution in [2.45, 2.75) is 0 Å². The van der Waals surface area contributed by atoms with Gasteiger partial charge in [-0.25, -0.2) is 9.37 Å². The Morgan fingerprint density at radius 1 is 1.12 bits per heavy atom. The Balaban J connectivity index is 1.37. The molecule has 0 atom stereocenters. The number of hydrogen-bond donors (Lipinski definition) is 2. The van der Waals surface area contributed by atoms with Gasteiger partial charge in [0.15, 0.2) is 5.69 Å². The van der Waals surface area contributed by atoms with E-state index in [-0.39, 0.29) is 5.69 Å². The number of anilines is 2. The third-order valence-electron chi connectivity index (χ3n) is 5.71. The number of likely N-dealkylation sites (N-methyl/N-ethyl adjacent to an activating group) is 1. The van der Waals surface area contributed by atoms with Gasteiger partial charge >= 0.3 is 0 Å². The standard InChI is InChI=1S/C22H23FN8O/c1-29-5-7-31(8-6-29)20-4-3-15(12-24-20)26-22(32)21-17-9-16(14-11-25-30(2)13-14)18(23)10-19(17)27-28-21/h3-4,9-13H,5-8H2,1-2H3,(H,26,32)(H,27,28). The summed E-state index contributed by atoms with van der Waals surface area (Å²) in [6, 6.07) is 6.69. The van der Waals surface area contributed by atoms with E-state index >= 15 is 0 Å². The maximum Gasteiger partial charge on any atom is 0.276 e. The Bertz CT molecular complexity index is 1270. The summed E-state index contributed by atoms with van der Waals surface area (Å²) in [5.41, 5.74) is 2.19. The van der Waals surface area contributed by atoms with Crippen LogP contribution in [0, 0.1) is 5.82 Å². The maximum atomic E-state index is 14.6. The average molecular weight is 434 g/mol. The van der Waals surface area contributed by atoms with Crippen molar-refractivity contribution in [3.05, 3.63) is 54.4 Å². The first kappa shape index (κ1) is 20.1. The Labute approximate surface area is 183 Å². The highest BCUT2D eigenvalue weighted by molar-refractivity contribution is 6.11. The van der Waals surface area contributed by atoms with E-state index in [0.29, 0.717) is 27.7 Å². The number of fused-ring (bicyclic) bond motifs is 1. The van der Waals surface area contributed by atoms with Crippen molar-refractivity contribution in [1.82, 2.24) is 29.9 Å². The molecule has 4 heterocycles. The van der Waals surface area contributed by atoms with Gasteiger partial charge in [-0.2, -0.15) is 10.2 Å². The molecule has 0 radical (unpaired) electrons. The molecule has 1 saturated heterocycles. The number of nitrogens with one attached hydrogen (secondary N) is 2. The monoisotopic (exact) mass is 434 g/mol. The van der Waals surface area contributed by atoms with Crippen molar-refractivity contribution in [2.75, 3.05) is 43.4 Å². The van der Waals surface area contributed by atoms with Gasteiger partial charge in [-0.15, -0.1) is 0 Å². The van der Waals surface area contributed by atoms with Gasteiger partial charge in [-0.05, 0) is 25.2 Å². The largest absolute Gasteiger partial charge is 0.354 e. The molecule has 1 aliphatic rings. The smallest absolute Gasteiger partial charge is 0.276 e. The van der Waals surface area contributed by atoms with Gasteiger partial charge < -0.3 is 15.1 Å². The van der Waals surface area contributed by atoms with E-state index in [1.807, 2.05) is 12.1 Å². The predicted molar refractivity (Wildman–Crippen MR) is 120 cm³/mol. The van der Waals surface area contributed by atoms with E-state index in [0.717, 1.165) is 32.0 Å². The fourth-order valence-electron chi connectivity index (χ4n) is 3.87. The van der Waals surface area contributed by atoms with Crippen LogP contribution in [0.25, 0.3) is 22.0 Å². The number of rotatable bonds is 4. The van der Waals surface area contributed by atoms with Gasteiger partial charge in [0.1, 0.15) is 11.6 Å². The summed E-state index contributed by atoms with van der Waals surface area (Å²) in [5.74, 6) is 0.0804. The Hall–Kier alpha value is -3.79. The van der Waals surface area contributed by atoms with Gasteiger partial charge in [-0.1, -0.05) is 0 Å². The number of pyridine rings is 1. The Kier molecular flexibility index (Phi) is 5.06. The van der Waals surface area contributed by atoms with E-state index in [2.05, 4.69) is 42.4 Å². The average Bonchev–Trinajstić information content (AvgIpc) is 3.40. The van der Waals surface area contributed by atoms with Crippen LogP contribution in [0.3, 0.4) is 0 Å². The lowest BCUT2D eigenvalue weighted by molar-refractivity contribution is 0.102. The van der Waals surface area contributed by atoms with Crippen molar-refractivity contribution in [3.8, 4) is 11.1 Å². The number of aromatic nitrogens is 5. The molecule has 1 amide bonds. The van der Waals surface area contributed by atoms with Gasteiger partial charge in [0.05, 0.1) is 23.6 Å². The highest BCUT2D eigenvalue weighted by atomic mass is 19.1. The van der Waals surface area contributed by atoms with Crippen LogP contribution in [0.1, 0.15) is 10.5 Å². The Morgan fingerprint density at radius 3 is 2.62 bits per heavy atom. The second-order valence-corrected chi connectivity index (χ2v) is 8.00. The number of piperazine rings is 1. The van der Waals surface area contributed by atoms with Gasteiger partial charge in [-0.3, -0.25) is 14.6 Å². The summed E-state index contributed by atoms with van der Waals surface area (Å²) in [4.78, 5) is 21.9. The summed E-state index contributed by atoms with van der Waals surface area (Å²) in [5, 5.41) is 14.3. The first-order chi connectivity index (χ1) is 15.5. The molecule has 2 N–H and O–H groups in total. The zero-order chi connectivity index (χ0) is 22.2. The number of halogens is 1. The fraction of sp³-hybridized carbons (Fsp3) is 0.273. The second-order valence-electron chi connectivity index (χ2n) is 8.00. The quantitative estimate of drug-likeness (QED) is 0.513. The molecule has 0 bridgehead atoms. The van der Waals surface area contributed by atoms with Crippen LogP contribution in [-0.2, 0) is 7.05 Å². The molecule has 0 spiro atoms. The van der Waals surface area contributed by atoms with Crippen LogP contribution < -0.4 is 10.2 Å². The van der Waals surface area contributed by atoms with Gasteiger partial charge in [0, 0.05) is 62.0 Å². The van der Waals surface area contributed by atoms with E-state index in [4.69, 9.17) is 0 Å². The van der Waals surface area contributed by atoms with Crippen molar-refractivity contribution in [1.29, 1.82) is 0 Å². The molecular formula is C22H23FN8O. The number of carbonyl (C=O) groups excluding carboxylic acids is 1. The fourth-order valence-corrected chi connectivity index (χ4v) is 3.87. The van der Waals surface area contributed by atoms with E-state index in [9.17, 15) is 9.18 Å². The highest BCUT2D eigenvalue weighted by Crippen LogP contribution is 2.28. The third kappa shape index (κ3) is 3.80. The number of nitrogens with zero attached hydrogens (tertiary/aromatic N) is 6. The minimum atomic E-state index is -0.412. The van der Waals surface area contributed by atoms with Crippen LogP contribution in [0.4, 0.5) is 15.9 Å². The first-order valence-electron chi connectivity index (χ1n) is 10.4. The van der Waals surface area contributed by atoms with Crippen LogP contribution in [0.2, 0.25) is 0 Å². The van der Waals surface area contributed by atoms with E-state index in [1.54, 1.807) is 36.4 Å². The van der Waals surface area contributed by atoms with Crippen LogP contribution in [0.15, 0.2) is 42.9 Å². The lowest BCUT2D eigenvalue weighted by atomic mass is 10.1. The minimum Gasteiger partial charge on any atom is -0.354 e. The molecule has 0 saturated carbocycles. The normalized spacial score (nSPS) is 14.8. The summed E-state index contributed by atoms with van der Waals surface area (Å²) in [6.45, 7) is 3.83. The van der Waals surface area contributed by atoms with E-state index in [1.165, 1.54) is 6.07 Å². The van der Waals surface area contributed by atoms with Crippen molar-refractivity contribution < 1.29 is 9.18 Å². The maximum absolute atomic E-state index is 14.6. The molecule has 10 heteroatoms. The molecule has 0 unspecified atom stereocenters. The topological polar surface area (TPSA) is 95.0 Å². The molecular weight excluding hydrogens is 411 g/mol. The first-order valence-corrected chi connectivity index (χ1v) is 10.4. The molecule has 1 aliphatic heterocycles. The molecule has 164 valence electrons. The number of hydrogen-bond acceptors (Lipinski definition) is 6. The zero-order valence-electron chi connectivity index (χ0n) is 17.8. The van der Waals surface area contributed by atoms with Crippen molar-refractivity contribution in [2.24, 2.45) is 7.05 Å². The van der Waals surface area contributed by atoms with Crippen LogP contribution >= 0.6 is 0 Å². The highest BCUT2D eigenvalue weighted by Gasteiger charge is 2.19. The van der Waals surface area contributed by atoms with Gasteiger partial charge in [0.25, 0.3) is 5.91 Å². The summed E-state index contributed by atoms with van der Waals surface area (Å²) in [6.07, 6.45) is 4.94. The third-order valence-corrected chi connectivity index (χ3v) is 5.71. The van der Waals surface area contributed by atoms with Crippen LogP contribution in [-0.4, -0.2) is 69.0 Å². The molecule has 3 aromatic heterocycles. The predicted octanol–water partition coefficient (Wildman–Crippen LogP) is 2.50. The van der Waals surface area contributed by atoms with Crippen molar-refractivity contribution >= 4 is 28.3 Å². The number of benzene rings is 1. The summed E-state index contributed by atoms with van der Waals surface area (Å²) >= 11 is 0. The SMILES string of the molecule is CN1CCN(c2ccc(NC(=O)c3n[nH]c4cc(F)c(-c5cnn(C)c5)cc34)cn2)CC1. The molecule has 4 aromatic rings. The molecule has 9 nitrogen and oxygen atoms in total. The minimum absolute atomic E-state index is 0.188. The molecule has 5 rings (SSSR count). The number of carbonyl (C=O) groups is 1. The van der Waals surface area contributed by atoms with E-state index < -0.39 is 11.7 Å².